The van der Waals surface area contributed by atoms with Crippen LogP contribution in [0.3, 0.4) is 0 Å². The van der Waals surface area contributed by atoms with Gasteiger partial charge in [0, 0.05) is 25.1 Å². The van der Waals surface area contributed by atoms with Crippen LogP contribution in [0.4, 0.5) is 0 Å². The zero-order valence-corrected chi connectivity index (χ0v) is 27.9. The van der Waals surface area contributed by atoms with Gasteiger partial charge in [-0.2, -0.15) is 4.31 Å². The van der Waals surface area contributed by atoms with Gasteiger partial charge in [-0.1, -0.05) is 78.8 Å². The van der Waals surface area contributed by atoms with E-state index in [1.54, 1.807) is 46.8 Å². The standard InChI is InChI=1S/C32H48N4O8S/c1-20(2)18-36(45(43,44)23-13-14-25(37)26(38)16-23)19-27(39)24(15-22-11-9-8-10-12-22)34-31(42)29(32(5,6)7)35-28(40)17-33-30(41)21(3)4/h8-14,16,20-21,24,27,29,37-39H,15,17-19H2,1-7H3,(H,33,41)(H,34,42)(H,35,40)/t24-,27+,29+/m0/s1. The number of phenols is 2. The Balaban J connectivity index is 2.38. The fraction of sp³-hybridized carbons (Fsp3) is 0.531. The Bertz CT molecular complexity index is 1410. The molecule has 0 aliphatic carbocycles. The predicted molar refractivity (Wildman–Crippen MR) is 171 cm³/mol. The molecule has 12 nitrogen and oxygen atoms in total. The highest BCUT2D eigenvalue weighted by molar-refractivity contribution is 7.89. The minimum atomic E-state index is -4.24. The summed E-state index contributed by atoms with van der Waals surface area (Å²) in [5, 5.41) is 39.2. The van der Waals surface area contributed by atoms with E-state index in [1.165, 1.54) is 0 Å². The summed E-state index contributed by atoms with van der Waals surface area (Å²) < 4.78 is 28.4. The first kappa shape index (κ1) is 37.5. The number of hydrogen-bond donors (Lipinski definition) is 6. The van der Waals surface area contributed by atoms with Crippen molar-refractivity contribution in [2.24, 2.45) is 17.3 Å². The SMILES string of the molecule is CC(C)CN(C[C@@H](O)[C@H](Cc1ccccc1)NC(=O)[C@@H](NC(=O)CNC(=O)C(C)C)C(C)(C)C)S(=O)(=O)c1ccc(O)c(O)c1. The van der Waals surface area contributed by atoms with Crippen LogP contribution in [0.1, 0.15) is 54.0 Å². The summed E-state index contributed by atoms with van der Waals surface area (Å²) in [4.78, 5) is 38.1. The van der Waals surface area contributed by atoms with Crippen LogP contribution in [0.5, 0.6) is 11.5 Å². The van der Waals surface area contributed by atoms with E-state index in [0.717, 1.165) is 28.1 Å². The van der Waals surface area contributed by atoms with Crippen molar-refractivity contribution in [3.8, 4) is 11.5 Å². The predicted octanol–water partition coefficient (Wildman–Crippen LogP) is 2.14. The van der Waals surface area contributed by atoms with E-state index in [1.807, 2.05) is 32.0 Å². The van der Waals surface area contributed by atoms with Gasteiger partial charge in [-0.25, -0.2) is 8.42 Å². The molecule has 0 saturated heterocycles. The number of aromatic hydroxyl groups is 2. The summed E-state index contributed by atoms with van der Waals surface area (Å²) in [5.74, 6) is -3.00. The number of carbonyl (C=O) groups is 3. The molecule has 0 bridgehead atoms. The Hall–Kier alpha value is -3.68. The number of rotatable bonds is 15. The minimum Gasteiger partial charge on any atom is -0.504 e. The fourth-order valence-corrected chi connectivity index (χ4v) is 6.15. The molecule has 2 rings (SSSR count). The van der Waals surface area contributed by atoms with Crippen LogP contribution in [0.15, 0.2) is 53.4 Å². The molecule has 3 atom stereocenters. The Labute approximate surface area is 266 Å². The highest BCUT2D eigenvalue weighted by Gasteiger charge is 2.37. The van der Waals surface area contributed by atoms with Gasteiger partial charge < -0.3 is 31.3 Å². The topological polar surface area (TPSA) is 185 Å². The number of hydrogen-bond acceptors (Lipinski definition) is 8. The van der Waals surface area contributed by atoms with Gasteiger partial charge in [0.15, 0.2) is 11.5 Å². The van der Waals surface area contributed by atoms with E-state index in [0.29, 0.717) is 0 Å². The average Bonchev–Trinajstić information content (AvgIpc) is 2.94. The number of phenolic OH excluding ortho intramolecular Hbond substituents is 2. The first-order valence-electron chi connectivity index (χ1n) is 14.9. The van der Waals surface area contributed by atoms with Crippen molar-refractivity contribution in [3.63, 3.8) is 0 Å². The molecule has 0 heterocycles. The van der Waals surface area contributed by atoms with Crippen molar-refractivity contribution in [3.05, 3.63) is 54.1 Å². The lowest BCUT2D eigenvalue weighted by molar-refractivity contribution is -0.133. The van der Waals surface area contributed by atoms with Crippen LogP contribution < -0.4 is 16.0 Å². The number of benzene rings is 2. The van der Waals surface area contributed by atoms with Crippen molar-refractivity contribution in [1.29, 1.82) is 0 Å². The molecule has 0 aliphatic rings. The second-order valence-corrected chi connectivity index (χ2v) is 14.9. The molecular weight excluding hydrogens is 600 g/mol. The molecule has 0 aromatic heterocycles. The smallest absolute Gasteiger partial charge is 0.243 e. The fourth-order valence-electron chi connectivity index (χ4n) is 4.50. The zero-order valence-electron chi connectivity index (χ0n) is 27.1. The quantitative estimate of drug-likeness (QED) is 0.159. The van der Waals surface area contributed by atoms with Gasteiger partial charge in [-0.05, 0) is 35.4 Å². The second-order valence-electron chi connectivity index (χ2n) is 13.0. The average molecular weight is 649 g/mol. The third-order valence-electron chi connectivity index (χ3n) is 7.02. The van der Waals surface area contributed by atoms with Crippen LogP contribution in [-0.4, -0.2) is 83.6 Å². The molecule has 6 N–H and O–H groups in total. The van der Waals surface area contributed by atoms with E-state index in [4.69, 9.17) is 0 Å². The Kier molecular flexibility index (Phi) is 13.4. The Morgan fingerprint density at radius 2 is 1.49 bits per heavy atom. The van der Waals surface area contributed by atoms with Crippen molar-refractivity contribution in [1.82, 2.24) is 20.3 Å². The maximum absolute atomic E-state index is 13.7. The van der Waals surface area contributed by atoms with E-state index < -0.39 is 63.5 Å². The van der Waals surface area contributed by atoms with Gasteiger partial charge in [0.1, 0.15) is 6.04 Å². The largest absolute Gasteiger partial charge is 0.504 e. The van der Waals surface area contributed by atoms with E-state index in [9.17, 15) is 38.1 Å². The summed E-state index contributed by atoms with van der Waals surface area (Å²) in [6, 6.07) is 10.2. The maximum Gasteiger partial charge on any atom is 0.243 e. The van der Waals surface area contributed by atoms with Gasteiger partial charge in [0.2, 0.25) is 27.7 Å². The Morgan fingerprint density at radius 1 is 0.867 bits per heavy atom. The second kappa shape index (κ2) is 16.1. The lowest BCUT2D eigenvalue weighted by Gasteiger charge is -2.34. The van der Waals surface area contributed by atoms with E-state index >= 15 is 0 Å². The third-order valence-corrected chi connectivity index (χ3v) is 8.84. The van der Waals surface area contributed by atoms with Crippen molar-refractivity contribution >= 4 is 27.7 Å². The minimum absolute atomic E-state index is 0.0236. The van der Waals surface area contributed by atoms with Crippen molar-refractivity contribution < 1.29 is 38.1 Å². The molecule has 3 amide bonds. The van der Waals surface area contributed by atoms with Crippen LogP contribution in [0, 0.1) is 17.3 Å². The number of nitrogens with zero attached hydrogens (tertiary/aromatic N) is 1. The molecule has 0 fully saturated rings. The molecular formula is C32H48N4O8S. The van der Waals surface area contributed by atoms with Gasteiger partial charge in [-0.3, -0.25) is 14.4 Å². The number of amides is 3. The number of aliphatic hydroxyl groups is 1. The highest BCUT2D eigenvalue weighted by Crippen LogP contribution is 2.29. The monoisotopic (exact) mass is 648 g/mol. The molecule has 13 heteroatoms. The maximum atomic E-state index is 13.7. The van der Waals surface area contributed by atoms with Crippen molar-refractivity contribution in [2.45, 2.75) is 78.0 Å². The number of nitrogens with one attached hydrogen (secondary N) is 3. The molecule has 45 heavy (non-hydrogen) atoms. The molecule has 0 aliphatic heterocycles. The summed E-state index contributed by atoms with van der Waals surface area (Å²) in [7, 11) is -4.24. The number of carbonyl (C=O) groups excluding carboxylic acids is 3. The van der Waals surface area contributed by atoms with Gasteiger partial charge in [-0.15, -0.1) is 0 Å². The lowest BCUT2D eigenvalue weighted by Crippen LogP contribution is -2.59. The molecule has 0 unspecified atom stereocenters. The Morgan fingerprint density at radius 3 is 2.02 bits per heavy atom. The van der Waals surface area contributed by atoms with Crippen LogP contribution in [0.2, 0.25) is 0 Å². The van der Waals surface area contributed by atoms with E-state index in [-0.39, 0.29) is 42.1 Å². The van der Waals surface area contributed by atoms with Gasteiger partial charge >= 0.3 is 0 Å². The number of aliphatic hydroxyl groups excluding tert-OH is 1. The highest BCUT2D eigenvalue weighted by atomic mass is 32.2. The molecule has 0 radical (unpaired) electrons. The van der Waals surface area contributed by atoms with Gasteiger partial charge in [0.25, 0.3) is 0 Å². The normalized spacial score (nSPS) is 14.2. The lowest BCUT2D eigenvalue weighted by atomic mass is 9.85. The molecule has 2 aromatic carbocycles. The summed E-state index contributed by atoms with van der Waals surface area (Å²) in [6.07, 6.45) is -1.24. The van der Waals surface area contributed by atoms with Crippen LogP contribution in [-0.2, 0) is 30.8 Å². The van der Waals surface area contributed by atoms with Crippen molar-refractivity contribution in [2.75, 3.05) is 19.6 Å². The summed E-state index contributed by atoms with van der Waals surface area (Å²) in [5.41, 5.74) is 0.00843. The first-order chi connectivity index (χ1) is 20.8. The summed E-state index contributed by atoms with van der Waals surface area (Å²) >= 11 is 0. The number of sulfonamides is 1. The molecule has 0 spiro atoms. The first-order valence-corrected chi connectivity index (χ1v) is 16.4. The molecule has 250 valence electrons. The van der Waals surface area contributed by atoms with E-state index in [2.05, 4.69) is 16.0 Å². The summed E-state index contributed by atoms with van der Waals surface area (Å²) in [6.45, 7) is 11.6. The third kappa shape index (κ3) is 11.3. The van der Waals surface area contributed by atoms with Crippen LogP contribution in [0.25, 0.3) is 0 Å². The molecule has 2 aromatic rings. The zero-order chi connectivity index (χ0) is 34.1. The molecule has 0 saturated carbocycles. The van der Waals surface area contributed by atoms with Gasteiger partial charge in [0.05, 0.1) is 23.6 Å². The van der Waals surface area contributed by atoms with Crippen LogP contribution >= 0.6 is 0 Å².